The molecule has 0 aliphatic carbocycles. The van der Waals surface area contributed by atoms with Gasteiger partial charge in [-0.3, -0.25) is 14.8 Å². The number of rotatable bonds is 10. The van der Waals surface area contributed by atoms with Crippen molar-refractivity contribution in [2.45, 2.75) is 58.8 Å². The predicted molar refractivity (Wildman–Crippen MR) is 185 cm³/mol. The number of benzene rings is 2. The average molecular weight is 669 g/mol. The lowest BCUT2D eigenvalue weighted by atomic mass is 10.1. The molecule has 0 saturated carbocycles. The third-order valence-corrected chi connectivity index (χ3v) is 7.64. The van der Waals surface area contributed by atoms with Gasteiger partial charge in [-0.1, -0.05) is 23.7 Å². The third kappa shape index (κ3) is 8.52. The number of nitrogens with zero attached hydrogens (tertiary/aromatic N) is 4. The highest BCUT2D eigenvalue weighted by molar-refractivity contribution is 6.32. The molecule has 1 fully saturated rings. The van der Waals surface area contributed by atoms with E-state index in [1.54, 1.807) is 47.5 Å². The fraction of sp³-hybridized carbons (Fsp3) is 0.306. The van der Waals surface area contributed by atoms with Gasteiger partial charge in [-0.2, -0.15) is 5.26 Å². The summed E-state index contributed by atoms with van der Waals surface area (Å²) in [6.07, 6.45) is 7.43. The van der Waals surface area contributed by atoms with E-state index < -0.39 is 17.6 Å². The number of anilines is 3. The van der Waals surface area contributed by atoms with Crippen LogP contribution in [0.1, 0.15) is 51.8 Å². The van der Waals surface area contributed by atoms with E-state index in [-0.39, 0.29) is 12.6 Å². The Balaban J connectivity index is 1.38. The Labute approximate surface area is 284 Å². The Bertz CT molecular complexity index is 1870. The molecule has 2 aromatic heterocycles. The van der Waals surface area contributed by atoms with Crippen LogP contribution in [0.4, 0.5) is 21.9 Å². The molecule has 0 bridgehead atoms. The molecule has 0 unspecified atom stereocenters. The van der Waals surface area contributed by atoms with Crippen molar-refractivity contribution in [3.05, 3.63) is 89.4 Å². The average Bonchev–Trinajstić information content (AvgIpc) is 3.53. The number of fused-ring (bicyclic) bond motifs is 1. The van der Waals surface area contributed by atoms with Gasteiger partial charge in [0.15, 0.2) is 0 Å². The van der Waals surface area contributed by atoms with Crippen LogP contribution in [0.2, 0.25) is 5.02 Å². The van der Waals surface area contributed by atoms with Crippen LogP contribution in [0.25, 0.3) is 10.9 Å². The SMILES string of the molecule is CCOc1cc2ncc(C#N)c(Nc3ccc(OCc4ccccn4)c(Cl)c3)c2cc1NC(=O)/C=C/[C@H]1CCCN1C(=O)OC(C)(C)C. The van der Waals surface area contributed by atoms with Gasteiger partial charge in [-0.25, -0.2) is 4.79 Å². The van der Waals surface area contributed by atoms with Gasteiger partial charge < -0.3 is 29.7 Å². The summed E-state index contributed by atoms with van der Waals surface area (Å²) in [5, 5.41) is 17.1. The van der Waals surface area contributed by atoms with Crippen LogP contribution >= 0.6 is 11.6 Å². The quantitative estimate of drug-likeness (QED) is 0.162. The molecule has 48 heavy (non-hydrogen) atoms. The van der Waals surface area contributed by atoms with Gasteiger partial charge in [0.05, 0.1) is 45.8 Å². The topological polar surface area (TPSA) is 139 Å². The minimum atomic E-state index is -0.615. The Morgan fingerprint density at radius 2 is 1.96 bits per heavy atom. The minimum absolute atomic E-state index is 0.259. The molecule has 2 amide bonds. The summed E-state index contributed by atoms with van der Waals surface area (Å²) in [7, 11) is 0. The first kappa shape index (κ1) is 34.0. The monoisotopic (exact) mass is 668 g/mol. The number of nitrogens with one attached hydrogen (secondary N) is 2. The van der Waals surface area contributed by atoms with Crippen LogP contribution in [-0.2, 0) is 16.1 Å². The fourth-order valence-corrected chi connectivity index (χ4v) is 5.43. The van der Waals surface area contributed by atoms with Gasteiger partial charge >= 0.3 is 6.09 Å². The van der Waals surface area contributed by atoms with E-state index in [1.807, 2.05) is 45.9 Å². The van der Waals surface area contributed by atoms with Crippen molar-refractivity contribution in [3.63, 3.8) is 0 Å². The summed E-state index contributed by atoms with van der Waals surface area (Å²) in [5.74, 6) is 0.501. The highest BCUT2D eigenvalue weighted by Crippen LogP contribution is 2.37. The van der Waals surface area contributed by atoms with Crippen LogP contribution in [0.5, 0.6) is 11.5 Å². The zero-order valence-electron chi connectivity index (χ0n) is 27.2. The number of hydrogen-bond donors (Lipinski definition) is 2. The summed E-state index contributed by atoms with van der Waals surface area (Å²) in [6, 6.07) is 16.2. The lowest BCUT2D eigenvalue weighted by molar-refractivity contribution is -0.112. The fourth-order valence-electron chi connectivity index (χ4n) is 5.20. The Morgan fingerprint density at radius 1 is 1.12 bits per heavy atom. The zero-order chi connectivity index (χ0) is 34.3. The maximum Gasteiger partial charge on any atom is 0.410 e. The number of hydrogen-bond acceptors (Lipinski definition) is 9. The first-order chi connectivity index (χ1) is 23.0. The zero-order valence-corrected chi connectivity index (χ0v) is 28.0. The number of aromatic nitrogens is 2. The number of likely N-dealkylation sites (tertiary alicyclic amines) is 1. The van der Waals surface area contributed by atoms with E-state index in [1.165, 1.54) is 12.3 Å². The molecule has 4 aromatic rings. The first-order valence-electron chi connectivity index (χ1n) is 15.6. The van der Waals surface area contributed by atoms with Crippen molar-refractivity contribution in [2.24, 2.45) is 0 Å². The number of ether oxygens (including phenoxy) is 3. The Kier molecular flexibility index (Phi) is 10.7. The lowest BCUT2D eigenvalue weighted by Crippen LogP contribution is -2.39. The van der Waals surface area contributed by atoms with Gasteiger partial charge in [0.1, 0.15) is 29.8 Å². The second-order valence-electron chi connectivity index (χ2n) is 12.1. The van der Waals surface area contributed by atoms with E-state index in [4.69, 9.17) is 25.8 Å². The van der Waals surface area contributed by atoms with E-state index in [9.17, 15) is 14.9 Å². The molecule has 1 saturated heterocycles. The molecular weight excluding hydrogens is 632 g/mol. The second-order valence-corrected chi connectivity index (χ2v) is 12.5. The van der Waals surface area contributed by atoms with Gasteiger partial charge in [0.25, 0.3) is 0 Å². The molecular formula is C36H37ClN6O5. The molecule has 3 heterocycles. The summed E-state index contributed by atoms with van der Waals surface area (Å²) in [5.41, 5.74) is 2.48. The standard InChI is InChI=1S/C36H37ClN6O5/c1-5-46-32-19-29-27(18-30(32)42-33(44)14-12-26-10-8-16-43(26)35(45)48-36(2,3)4)34(23(20-38)21-40-29)41-24-11-13-31(28(37)17-24)47-22-25-9-6-7-15-39-25/h6-7,9,11-15,17-19,21,26H,5,8,10,16,22H2,1-4H3,(H,40,41)(H,42,44)/b14-12+/t26-/m1/s1. The third-order valence-electron chi connectivity index (χ3n) is 7.35. The smallest absolute Gasteiger partial charge is 0.410 e. The van der Waals surface area contributed by atoms with Gasteiger partial charge in [0, 0.05) is 42.2 Å². The second kappa shape index (κ2) is 15.0. The molecule has 0 radical (unpaired) electrons. The van der Waals surface area contributed by atoms with Gasteiger partial charge in [0.2, 0.25) is 5.91 Å². The molecule has 5 rings (SSSR count). The van der Waals surface area contributed by atoms with Crippen molar-refractivity contribution < 1.29 is 23.8 Å². The highest BCUT2D eigenvalue weighted by atomic mass is 35.5. The predicted octanol–water partition coefficient (Wildman–Crippen LogP) is 7.77. The van der Waals surface area contributed by atoms with Gasteiger partial charge in [-0.15, -0.1) is 0 Å². The van der Waals surface area contributed by atoms with Crippen molar-refractivity contribution >= 4 is 51.6 Å². The number of nitriles is 1. The van der Waals surface area contributed by atoms with Crippen LogP contribution in [0, 0.1) is 11.3 Å². The van der Waals surface area contributed by atoms with Crippen molar-refractivity contribution in [2.75, 3.05) is 23.8 Å². The summed E-state index contributed by atoms with van der Waals surface area (Å²) in [4.78, 5) is 36.2. The summed E-state index contributed by atoms with van der Waals surface area (Å²) in [6.45, 7) is 8.47. The summed E-state index contributed by atoms with van der Waals surface area (Å²) < 4.78 is 17.2. The number of amides is 2. The number of carbonyl (C=O) groups is 2. The molecule has 1 aliphatic heterocycles. The maximum atomic E-state index is 13.2. The first-order valence-corrected chi connectivity index (χ1v) is 16.0. The molecule has 1 atom stereocenters. The molecule has 1 aliphatic rings. The molecule has 248 valence electrons. The summed E-state index contributed by atoms with van der Waals surface area (Å²) >= 11 is 6.56. The largest absolute Gasteiger partial charge is 0.492 e. The van der Waals surface area contributed by atoms with Crippen LogP contribution in [-0.4, -0.2) is 51.7 Å². The van der Waals surface area contributed by atoms with Gasteiger partial charge in [-0.05, 0) is 76.9 Å². The van der Waals surface area contributed by atoms with E-state index in [0.29, 0.717) is 63.2 Å². The molecule has 2 aromatic carbocycles. The molecule has 11 nitrogen and oxygen atoms in total. The normalized spacial score (nSPS) is 14.5. The number of halogens is 1. The van der Waals surface area contributed by atoms with E-state index in [2.05, 4.69) is 26.7 Å². The Morgan fingerprint density at radius 3 is 2.67 bits per heavy atom. The van der Waals surface area contributed by atoms with Crippen molar-refractivity contribution in [1.82, 2.24) is 14.9 Å². The van der Waals surface area contributed by atoms with E-state index >= 15 is 0 Å². The van der Waals surface area contributed by atoms with Crippen LogP contribution < -0.4 is 20.1 Å². The lowest BCUT2D eigenvalue weighted by Gasteiger charge is -2.27. The molecule has 2 N–H and O–H groups in total. The van der Waals surface area contributed by atoms with E-state index in [0.717, 1.165) is 18.5 Å². The number of pyridine rings is 2. The highest BCUT2D eigenvalue weighted by Gasteiger charge is 2.30. The maximum absolute atomic E-state index is 13.2. The minimum Gasteiger partial charge on any atom is -0.492 e. The Hall–Kier alpha value is -5.34. The van der Waals surface area contributed by atoms with Crippen LogP contribution in [0.3, 0.4) is 0 Å². The molecule has 0 spiro atoms. The van der Waals surface area contributed by atoms with Crippen molar-refractivity contribution in [3.8, 4) is 17.6 Å². The van der Waals surface area contributed by atoms with Crippen LogP contribution in [0.15, 0.2) is 73.1 Å². The number of carbonyl (C=O) groups excluding carboxylic acids is 2. The molecule has 12 heteroatoms. The van der Waals surface area contributed by atoms with Crippen molar-refractivity contribution in [1.29, 1.82) is 5.26 Å².